The molecule has 4 rings (SSSR count). The molecule has 0 bridgehead atoms. The summed E-state index contributed by atoms with van der Waals surface area (Å²) < 4.78 is 18.3. The summed E-state index contributed by atoms with van der Waals surface area (Å²) in [6, 6.07) is 3.59. The Bertz CT molecular complexity index is 1130. The van der Waals surface area contributed by atoms with Crippen molar-refractivity contribution < 1.29 is 23.5 Å². The molecule has 0 spiro atoms. The predicted molar refractivity (Wildman–Crippen MR) is 126 cm³/mol. The molecule has 1 aliphatic rings. The quantitative estimate of drug-likeness (QED) is 0.349. The van der Waals surface area contributed by atoms with Gasteiger partial charge in [-0.3, -0.25) is 9.36 Å². The van der Waals surface area contributed by atoms with Crippen LogP contribution >= 0.6 is 23.1 Å². The number of esters is 1. The third-order valence-electron chi connectivity index (χ3n) is 5.16. The molecule has 4 heterocycles. The lowest BCUT2D eigenvalue weighted by Gasteiger charge is -2.14. The van der Waals surface area contributed by atoms with Gasteiger partial charge in [0.05, 0.1) is 42.4 Å². The molecule has 1 fully saturated rings. The van der Waals surface area contributed by atoms with E-state index in [4.69, 9.17) is 13.9 Å². The van der Waals surface area contributed by atoms with Gasteiger partial charge in [0, 0.05) is 11.5 Å². The van der Waals surface area contributed by atoms with E-state index < -0.39 is 5.97 Å². The van der Waals surface area contributed by atoms with Crippen LogP contribution in [0.15, 0.2) is 28.0 Å². The van der Waals surface area contributed by atoms with Crippen LogP contribution in [-0.2, 0) is 20.8 Å². The Balaban J connectivity index is 1.48. The summed E-state index contributed by atoms with van der Waals surface area (Å²) in [5.41, 5.74) is 1.24. The number of nitrogens with zero attached hydrogens (tertiary/aromatic N) is 3. The first-order valence-corrected chi connectivity index (χ1v) is 12.6. The maximum atomic E-state index is 12.7. The largest absolute Gasteiger partial charge is 0.469 e. The van der Waals surface area contributed by atoms with Crippen LogP contribution in [0, 0.1) is 13.8 Å². The molecule has 1 amide bonds. The third kappa shape index (κ3) is 5.48. The monoisotopic (exact) mass is 490 g/mol. The van der Waals surface area contributed by atoms with Gasteiger partial charge in [-0.2, -0.15) is 0 Å². The van der Waals surface area contributed by atoms with Gasteiger partial charge in [0.2, 0.25) is 5.91 Å². The number of carbonyl (C=O) groups is 2. The summed E-state index contributed by atoms with van der Waals surface area (Å²) in [6.07, 6.45) is 3.71. The number of anilines is 1. The van der Waals surface area contributed by atoms with E-state index in [2.05, 4.69) is 15.5 Å². The fourth-order valence-electron chi connectivity index (χ4n) is 3.63. The second kappa shape index (κ2) is 10.5. The van der Waals surface area contributed by atoms with Gasteiger partial charge < -0.3 is 19.2 Å². The van der Waals surface area contributed by atoms with E-state index in [0.29, 0.717) is 28.1 Å². The molecule has 3 aromatic rings. The van der Waals surface area contributed by atoms with Crippen molar-refractivity contribution in [2.45, 2.75) is 51.4 Å². The molecule has 1 N–H and O–H groups in total. The number of ether oxygens (including phenoxy) is 2. The average Bonchev–Trinajstić information content (AvgIpc) is 3.56. The molecule has 11 heteroatoms. The number of rotatable bonds is 9. The minimum atomic E-state index is -0.443. The smallest absolute Gasteiger partial charge is 0.341 e. The minimum Gasteiger partial charge on any atom is -0.469 e. The molecule has 33 heavy (non-hydrogen) atoms. The number of hydrogen-bond acceptors (Lipinski definition) is 9. The molecule has 1 aliphatic heterocycles. The second-order valence-corrected chi connectivity index (χ2v) is 9.80. The number of amides is 1. The fourth-order valence-corrected chi connectivity index (χ4v) is 5.29. The van der Waals surface area contributed by atoms with E-state index in [-0.39, 0.29) is 24.4 Å². The van der Waals surface area contributed by atoms with E-state index in [1.54, 1.807) is 19.3 Å². The van der Waals surface area contributed by atoms with E-state index >= 15 is 0 Å². The highest BCUT2D eigenvalue weighted by Gasteiger charge is 2.24. The number of hydrogen-bond donors (Lipinski definition) is 1. The van der Waals surface area contributed by atoms with Crippen LogP contribution in [0.5, 0.6) is 0 Å². The van der Waals surface area contributed by atoms with Gasteiger partial charge in [-0.25, -0.2) is 4.79 Å². The van der Waals surface area contributed by atoms with Crippen LogP contribution in [0.4, 0.5) is 5.00 Å². The Hall–Kier alpha value is -2.63. The van der Waals surface area contributed by atoms with Crippen molar-refractivity contribution in [3.8, 4) is 11.4 Å². The zero-order valence-electron chi connectivity index (χ0n) is 18.8. The zero-order chi connectivity index (χ0) is 23.4. The summed E-state index contributed by atoms with van der Waals surface area (Å²) in [4.78, 5) is 25.8. The van der Waals surface area contributed by atoms with Crippen molar-refractivity contribution in [2.24, 2.45) is 0 Å². The maximum absolute atomic E-state index is 12.7. The lowest BCUT2D eigenvalue weighted by molar-refractivity contribution is -0.113. The number of carbonyl (C=O) groups excluding carboxylic acids is 2. The molecule has 0 radical (unpaired) electrons. The van der Waals surface area contributed by atoms with Crippen molar-refractivity contribution in [3.63, 3.8) is 0 Å². The van der Waals surface area contributed by atoms with Crippen molar-refractivity contribution in [3.05, 3.63) is 34.6 Å². The summed E-state index contributed by atoms with van der Waals surface area (Å²) in [6.45, 7) is 7.14. The third-order valence-corrected chi connectivity index (χ3v) is 7.10. The topological polar surface area (TPSA) is 108 Å². The van der Waals surface area contributed by atoms with E-state index in [1.807, 2.05) is 24.5 Å². The van der Waals surface area contributed by atoms with Crippen molar-refractivity contribution in [1.29, 1.82) is 0 Å². The van der Waals surface area contributed by atoms with Crippen molar-refractivity contribution in [2.75, 3.05) is 24.3 Å². The zero-order valence-corrected chi connectivity index (χ0v) is 20.4. The molecule has 0 aromatic carbocycles. The average molecular weight is 491 g/mol. The standard InChI is InChI=1S/C22H26N4O5S2/c1-4-29-21(28)17-10-13(2)33-20(17)23-18(27)12-32-22-25-24-19(16-7-9-30-14(16)3)26(22)11-15-6-5-8-31-15/h7,9-10,15H,4-6,8,11-12H2,1-3H3,(H,23,27). The Morgan fingerprint density at radius 2 is 2.21 bits per heavy atom. The van der Waals surface area contributed by atoms with Crippen LogP contribution in [-0.4, -0.2) is 51.7 Å². The molecule has 1 atom stereocenters. The lowest BCUT2D eigenvalue weighted by Crippen LogP contribution is -2.18. The molecule has 176 valence electrons. The molecule has 1 unspecified atom stereocenters. The molecule has 9 nitrogen and oxygen atoms in total. The highest BCUT2D eigenvalue weighted by Crippen LogP contribution is 2.31. The normalized spacial score (nSPS) is 15.7. The second-order valence-electron chi connectivity index (χ2n) is 7.60. The first-order valence-electron chi connectivity index (χ1n) is 10.8. The Morgan fingerprint density at radius 3 is 2.91 bits per heavy atom. The highest BCUT2D eigenvalue weighted by atomic mass is 32.2. The number of nitrogens with one attached hydrogen (secondary N) is 1. The van der Waals surface area contributed by atoms with Crippen molar-refractivity contribution in [1.82, 2.24) is 14.8 Å². The van der Waals surface area contributed by atoms with Gasteiger partial charge in [-0.15, -0.1) is 21.5 Å². The summed E-state index contributed by atoms with van der Waals surface area (Å²) in [5, 5.41) is 12.7. The SMILES string of the molecule is CCOC(=O)c1cc(C)sc1NC(=O)CSc1nnc(-c2ccoc2C)n1CC1CCCO1. The molecule has 0 aliphatic carbocycles. The molecule has 1 saturated heterocycles. The van der Waals surface area contributed by atoms with E-state index in [0.717, 1.165) is 35.6 Å². The first-order chi connectivity index (χ1) is 16.0. The Morgan fingerprint density at radius 1 is 1.36 bits per heavy atom. The fraction of sp³-hybridized carbons (Fsp3) is 0.455. The molecule has 3 aromatic heterocycles. The molecular formula is C22H26N4O5S2. The molecule has 0 saturated carbocycles. The summed E-state index contributed by atoms with van der Waals surface area (Å²) >= 11 is 2.64. The Kier molecular flexibility index (Phi) is 7.51. The van der Waals surface area contributed by atoms with Gasteiger partial charge in [0.25, 0.3) is 0 Å². The number of thioether (sulfide) groups is 1. The van der Waals surface area contributed by atoms with Gasteiger partial charge in [0.1, 0.15) is 10.8 Å². The minimum absolute atomic E-state index is 0.0846. The molecular weight excluding hydrogens is 464 g/mol. The van der Waals surface area contributed by atoms with Crippen LogP contribution < -0.4 is 5.32 Å². The van der Waals surface area contributed by atoms with E-state index in [9.17, 15) is 9.59 Å². The van der Waals surface area contributed by atoms with Gasteiger partial charge >= 0.3 is 5.97 Å². The number of thiophene rings is 1. The summed E-state index contributed by atoms with van der Waals surface area (Å²) in [5.74, 6) is 0.886. The number of aromatic nitrogens is 3. The first kappa shape index (κ1) is 23.5. The highest BCUT2D eigenvalue weighted by molar-refractivity contribution is 7.99. The van der Waals surface area contributed by atoms with Crippen LogP contribution in [0.3, 0.4) is 0 Å². The van der Waals surface area contributed by atoms with Gasteiger partial charge in [0.15, 0.2) is 11.0 Å². The Labute approximate surface area is 199 Å². The predicted octanol–water partition coefficient (Wildman–Crippen LogP) is 4.30. The van der Waals surface area contributed by atoms with Gasteiger partial charge in [-0.05, 0) is 45.7 Å². The van der Waals surface area contributed by atoms with Gasteiger partial charge in [-0.1, -0.05) is 11.8 Å². The summed E-state index contributed by atoms with van der Waals surface area (Å²) in [7, 11) is 0. The number of aryl methyl sites for hydroxylation is 2. The number of furan rings is 1. The van der Waals surface area contributed by atoms with E-state index in [1.165, 1.54) is 23.1 Å². The lowest BCUT2D eigenvalue weighted by atomic mass is 10.2. The van der Waals surface area contributed by atoms with Crippen molar-refractivity contribution >= 4 is 40.0 Å². The maximum Gasteiger partial charge on any atom is 0.341 e. The van der Waals surface area contributed by atoms with Crippen LogP contribution in [0.1, 0.15) is 40.8 Å². The van der Waals surface area contributed by atoms with Crippen LogP contribution in [0.25, 0.3) is 11.4 Å². The van der Waals surface area contributed by atoms with Crippen LogP contribution in [0.2, 0.25) is 0 Å².